The summed E-state index contributed by atoms with van der Waals surface area (Å²) in [4.78, 5) is 2.38. The highest BCUT2D eigenvalue weighted by Gasteiger charge is 2.22. The van der Waals surface area contributed by atoms with Gasteiger partial charge in [0.25, 0.3) is 0 Å². The van der Waals surface area contributed by atoms with E-state index in [1.807, 2.05) is 0 Å². The molecule has 0 amide bonds. The van der Waals surface area contributed by atoms with Crippen LogP contribution in [0.1, 0.15) is 35.6 Å². The van der Waals surface area contributed by atoms with E-state index in [1.54, 1.807) is 7.11 Å². The zero-order valence-corrected chi connectivity index (χ0v) is 12.2. The molecule has 1 aromatic carbocycles. The first-order chi connectivity index (χ1) is 9.08. The number of hydrogen-bond acceptors (Lipinski definition) is 3. The molecule has 2 rings (SSSR count). The molecule has 1 aromatic rings. The fraction of sp³-hybridized carbons (Fsp3) is 0.625. The summed E-state index contributed by atoms with van der Waals surface area (Å²) in [5.74, 6) is 0. The van der Waals surface area contributed by atoms with Gasteiger partial charge in [0.05, 0.1) is 12.2 Å². The first-order valence-electron chi connectivity index (χ1n) is 7.10. The first kappa shape index (κ1) is 14.5. The average Bonchev–Trinajstić information content (AvgIpc) is 2.82. The van der Waals surface area contributed by atoms with E-state index >= 15 is 0 Å². The van der Waals surface area contributed by atoms with Crippen molar-refractivity contribution in [2.45, 2.75) is 38.9 Å². The van der Waals surface area contributed by atoms with Crippen molar-refractivity contribution >= 4 is 0 Å². The maximum absolute atomic E-state index is 10.3. The van der Waals surface area contributed by atoms with Gasteiger partial charge in [0.15, 0.2) is 0 Å². The number of nitrogens with zero attached hydrogens (tertiary/aromatic N) is 1. The second kappa shape index (κ2) is 6.51. The molecule has 1 aliphatic heterocycles. The van der Waals surface area contributed by atoms with Gasteiger partial charge in [0.2, 0.25) is 0 Å². The van der Waals surface area contributed by atoms with Crippen molar-refractivity contribution in [2.75, 3.05) is 26.7 Å². The molecule has 0 saturated carbocycles. The molecule has 0 aliphatic carbocycles. The zero-order chi connectivity index (χ0) is 13.8. The Morgan fingerprint density at radius 3 is 2.58 bits per heavy atom. The lowest BCUT2D eigenvalue weighted by Gasteiger charge is -2.19. The van der Waals surface area contributed by atoms with E-state index < -0.39 is 0 Å². The van der Waals surface area contributed by atoms with Crippen molar-refractivity contribution in [2.24, 2.45) is 0 Å². The lowest BCUT2D eigenvalue weighted by atomic mass is 10.0. The lowest BCUT2D eigenvalue weighted by molar-refractivity contribution is 0.102. The van der Waals surface area contributed by atoms with Crippen LogP contribution >= 0.6 is 0 Å². The molecule has 1 heterocycles. The fourth-order valence-electron chi connectivity index (χ4n) is 2.87. The molecule has 1 N–H and O–H groups in total. The molecule has 3 nitrogen and oxygen atoms in total. The summed E-state index contributed by atoms with van der Waals surface area (Å²) in [7, 11) is 1.78. The van der Waals surface area contributed by atoms with Crippen LogP contribution in [0.5, 0.6) is 0 Å². The predicted molar refractivity (Wildman–Crippen MR) is 77.3 cm³/mol. The monoisotopic (exact) mass is 263 g/mol. The standard InChI is InChI=1S/C16H25NO2/c1-12-8-13(2)10-14(9-12)16(18)5-7-17-6-4-15(11-17)19-3/h8-10,15-16,18H,4-7,11H2,1-3H3. The molecule has 2 unspecified atom stereocenters. The van der Waals surface area contributed by atoms with Crippen LogP contribution in [0.2, 0.25) is 0 Å². The van der Waals surface area contributed by atoms with Gasteiger partial charge < -0.3 is 14.7 Å². The summed E-state index contributed by atoms with van der Waals surface area (Å²) in [6.07, 6.45) is 1.91. The molecule has 3 heteroatoms. The largest absolute Gasteiger partial charge is 0.388 e. The number of rotatable bonds is 5. The van der Waals surface area contributed by atoms with Gasteiger partial charge in [0, 0.05) is 26.7 Å². The van der Waals surface area contributed by atoms with Gasteiger partial charge in [-0.25, -0.2) is 0 Å². The molecule has 19 heavy (non-hydrogen) atoms. The van der Waals surface area contributed by atoms with Crippen LogP contribution in [-0.4, -0.2) is 42.9 Å². The van der Waals surface area contributed by atoms with Gasteiger partial charge in [-0.05, 0) is 32.3 Å². The molecule has 1 fully saturated rings. The predicted octanol–water partition coefficient (Wildman–Crippen LogP) is 2.45. The summed E-state index contributed by atoms with van der Waals surface area (Å²) in [5.41, 5.74) is 3.48. The molecule has 0 spiro atoms. The molecule has 1 aliphatic rings. The van der Waals surface area contributed by atoms with Gasteiger partial charge in [0.1, 0.15) is 0 Å². The van der Waals surface area contributed by atoms with Crippen LogP contribution in [0, 0.1) is 13.8 Å². The lowest BCUT2D eigenvalue weighted by Crippen LogP contribution is -2.25. The van der Waals surface area contributed by atoms with E-state index in [2.05, 4.69) is 36.9 Å². The summed E-state index contributed by atoms with van der Waals surface area (Å²) < 4.78 is 5.36. The van der Waals surface area contributed by atoms with Gasteiger partial charge >= 0.3 is 0 Å². The van der Waals surface area contributed by atoms with Crippen LogP contribution in [-0.2, 0) is 4.74 Å². The Hall–Kier alpha value is -0.900. The summed E-state index contributed by atoms with van der Waals surface area (Å²) in [6, 6.07) is 6.30. The molecular formula is C16H25NO2. The van der Waals surface area contributed by atoms with Crippen molar-refractivity contribution < 1.29 is 9.84 Å². The third kappa shape index (κ3) is 4.03. The highest BCUT2D eigenvalue weighted by Crippen LogP contribution is 2.21. The molecule has 0 aromatic heterocycles. The van der Waals surface area contributed by atoms with E-state index in [4.69, 9.17) is 4.74 Å². The van der Waals surface area contributed by atoms with Crippen molar-refractivity contribution in [1.29, 1.82) is 0 Å². The fourth-order valence-corrected chi connectivity index (χ4v) is 2.87. The Morgan fingerprint density at radius 2 is 2.00 bits per heavy atom. The summed E-state index contributed by atoms with van der Waals surface area (Å²) >= 11 is 0. The second-order valence-corrected chi connectivity index (χ2v) is 5.67. The number of hydrogen-bond donors (Lipinski definition) is 1. The smallest absolute Gasteiger partial charge is 0.0802 e. The number of ether oxygens (including phenoxy) is 1. The molecule has 106 valence electrons. The van der Waals surface area contributed by atoms with Crippen LogP contribution < -0.4 is 0 Å². The number of aliphatic hydroxyl groups is 1. The van der Waals surface area contributed by atoms with E-state index in [9.17, 15) is 5.11 Å². The number of benzene rings is 1. The van der Waals surface area contributed by atoms with Crippen LogP contribution in [0.15, 0.2) is 18.2 Å². The Balaban J connectivity index is 1.85. The van der Waals surface area contributed by atoms with Crippen molar-refractivity contribution in [3.63, 3.8) is 0 Å². The van der Waals surface area contributed by atoms with Crippen LogP contribution in [0.3, 0.4) is 0 Å². The van der Waals surface area contributed by atoms with Crippen molar-refractivity contribution in [1.82, 2.24) is 4.90 Å². The molecule has 2 atom stereocenters. The Labute approximate surface area is 116 Å². The third-order valence-corrected chi connectivity index (χ3v) is 3.91. The second-order valence-electron chi connectivity index (χ2n) is 5.67. The number of methoxy groups -OCH3 is 1. The maximum Gasteiger partial charge on any atom is 0.0802 e. The Morgan fingerprint density at radius 1 is 1.32 bits per heavy atom. The van der Waals surface area contributed by atoms with E-state index in [1.165, 1.54) is 11.1 Å². The number of likely N-dealkylation sites (tertiary alicyclic amines) is 1. The van der Waals surface area contributed by atoms with Crippen molar-refractivity contribution in [3.8, 4) is 0 Å². The average molecular weight is 263 g/mol. The van der Waals surface area contributed by atoms with E-state index in [0.29, 0.717) is 6.10 Å². The zero-order valence-electron chi connectivity index (χ0n) is 12.2. The SMILES string of the molecule is COC1CCN(CCC(O)c2cc(C)cc(C)c2)C1. The van der Waals surface area contributed by atoms with Crippen molar-refractivity contribution in [3.05, 3.63) is 34.9 Å². The first-order valence-corrected chi connectivity index (χ1v) is 7.10. The molecule has 1 saturated heterocycles. The topological polar surface area (TPSA) is 32.7 Å². The minimum Gasteiger partial charge on any atom is -0.388 e. The highest BCUT2D eigenvalue weighted by atomic mass is 16.5. The third-order valence-electron chi connectivity index (χ3n) is 3.91. The van der Waals surface area contributed by atoms with E-state index in [0.717, 1.165) is 38.0 Å². The minimum atomic E-state index is -0.361. The number of aliphatic hydroxyl groups excluding tert-OH is 1. The van der Waals surface area contributed by atoms with Gasteiger partial charge in [-0.15, -0.1) is 0 Å². The quantitative estimate of drug-likeness (QED) is 0.885. The Bertz CT molecular complexity index is 399. The summed E-state index contributed by atoms with van der Waals surface area (Å²) in [5, 5.41) is 10.3. The highest BCUT2D eigenvalue weighted by molar-refractivity contribution is 5.29. The van der Waals surface area contributed by atoms with Gasteiger partial charge in [-0.2, -0.15) is 0 Å². The van der Waals surface area contributed by atoms with Crippen LogP contribution in [0.4, 0.5) is 0 Å². The van der Waals surface area contributed by atoms with Gasteiger partial charge in [-0.1, -0.05) is 29.3 Å². The Kier molecular flexibility index (Phi) is 4.97. The molecule has 0 bridgehead atoms. The number of aryl methyl sites for hydroxylation is 2. The summed E-state index contributed by atoms with van der Waals surface area (Å²) in [6.45, 7) is 7.17. The van der Waals surface area contributed by atoms with Gasteiger partial charge in [-0.3, -0.25) is 0 Å². The van der Waals surface area contributed by atoms with E-state index in [-0.39, 0.29) is 6.10 Å². The minimum absolute atomic E-state index is 0.361. The molecular weight excluding hydrogens is 238 g/mol. The maximum atomic E-state index is 10.3. The van der Waals surface area contributed by atoms with Crippen LogP contribution in [0.25, 0.3) is 0 Å². The molecule has 0 radical (unpaired) electrons. The normalized spacial score (nSPS) is 21.8.